The Morgan fingerprint density at radius 2 is 0.833 bits per heavy atom. The fourth-order valence-corrected chi connectivity index (χ4v) is 0. The van der Waals surface area contributed by atoms with E-state index in [0.717, 1.165) is 0 Å². The summed E-state index contributed by atoms with van der Waals surface area (Å²) in [6, 6.07) is 0. The van der Waals surface area contributed by atoms with E-state index in [4.69, 9.17) is 19.2 Å². The zero-order chi connectivity index (χ0) is 4.50. The zero-order valence-corrected chi connectivity index (χ0v) is 11.5. The molecule has 0 unspecified atom stereocenters. The van der Waals surface area contributed by atoms with Crippen molar-refractivity contribution in [1.29, 1.82) is 0 Å². The molecule has 0 radical (unpaired) electrons. The minimum Gasteiger partial charge on any atom is -1.00 e. The predicted octanol–water partition coefficient (Wildman–Crippen LogP) is -7.94. The second-order valence-electron chi connectivity index (χ2n) is 0.513. The normalized spacial score (nSPS) is 4.92. The van der Waals surface area contributed by atoms with Crippen molar-refractivity contribution in [3.8, 4) is 0 Å². The molecule has 0 atom stereocenters. The van der Waals surface area contributed by atoms with Crippen molar-refractivity contribution in [2.45, 2.75) is 0 Å². The third-order valence-electron chi connectivity index (χ3n) is 0. The number of hydrogen-bond acceptors (Lipinski definition) is 1. The molecule has 0 saturated heterocycles. The van der Waals surface area contributed by atoms with Gasteiger partial charge in [-0.15, -0.1) is 0 Å². The minimum absolute atomic E-state index is 0. The van der Waals surface area contributed by atoms with Crippen LogP contribution in [0.3, 0.4) is 0 Å². The molecular weight excluding hydrogens is 289 g/mol. The fourth-order valence-electron chi connectivity index (χ4n) is 0. The van der Waals surface area contributed by atoms with E-state index in [1.807, 2.05) is 0 Å². The Labute approximate surface area is 111 Å². The smallest absolute Gasteiger partial charge is 1.00 e. The molecular formula is H14NaO9PZr. The molecule has 0 bridgehead atoms. The maximum absolute atomic E-state index is 8.88. The molecule has 78 valence electrons. The first-order chi connectivity index (χ1) is 2.00. The van der Waals surface area contributed by atoms with Gasteiger partial charge >= 0.3 is 37.4 Å². The first-order valence-corrected chi connectivity index (χ1v) is 2.35. The van der Waals surface area contributed by atoms with Crippen molar-refractivity contribution >= 4 is 7.82 Å². The van der Waals surface area contributed by atoms with Crippen LogP contribution in [0.2, 0.25) is 0 Å². The first kappa shape index (κ1) is 67.3. The van der Waals surface area contributed by atoms with E-state index < -0.39 is 7.82 Å². The maximum atomic E-state index is 8.88. The molecule has 0 saturated carbocycles. The monoisotopic (exact) mass is 302 g/mol. The van der Waals surface area contributed by atoms with Crippen LogP contribution >= 0.6 is 7.82 Å². The summed E-state index contributed by atoms with van der Waals surface area (Å²) in [4.78, 5) is 21.6. The Hall–Kier alpha value is 1.79. The summed E-state index contributed by atoms with van der Waals surface area (Å²) in [7, 11) is -4.64. The zero-order valence-electron chi connectivity index (χ0n) is 7.20. The van der Waals surface area contributed by atoms with Crippen LogP contribution in [0.25, 0.3) is 0 Å². The first-order valence-electron chi connectivity index (χ1n) is 0.783. The summed E-state index contributed by atoms with van der Waals surface area (Å²) >= 11 is 0. The van der Waals surface area contributed by atoms with Crippen LogP contribution < -0.4 is 29.6 Å². The molecule has 13 N–H and O–H groups in total. The second kappa shape index (κ2) is 29.3. The van der Waals surface area contributed by atoms with E-state index in [2.05, 4.69) is 0 Å². The van der Waals surface area contributed by atoms with Crippen molar-refractivity contribution in [3.63, 3.8) is 0 Å². The Morgan fingerprint density at radius 3 is 0.833 bits per heavy atom. The molecule has 9 nitrogen and oxygen atoms in total. The molecule has 0 aromatic rings. The average Bonchev–Trinajstić information content (AvgIpc) is 0.722. The molecule has 12 heavy (non-hydrogen) atoms. The summed E-state index contributed by atoms with van der Waals surface area (Å²) in [5.41, 5.74) is 0. The van der Waals surface area contributed by atoms with Gasteiger partial charge in [0, 0.05) is 26.2 Å². The van der Waals surface area contributed by atoms with Crippen molar-refractivity contribution in [3.05, 3.63) is 0 Å². The van der Waals surface area contributed by atoms with Crippen molar-refractivity contribution in [1.82, 2.24) is 0 Å². The third kappa shape index (κ3) is 427. The van der Waals surface area contributed by atoms with Crippen molar-refractivity contribution in [2.24, 2.45) is 0 Å². The van der Waals surface area contributed by atoms with Gasteiger partial charge in [0.2, 0.25) is 0 Å². The topological polar surface area (TPSA) is 235 Å². The quantitative estimate of drug-likeness (QED) is 0.291. The molecule has 0 aromatic carbocycles. The standard InChI is InChI=1S/Na.H3O4P.5H2O.Zr.H/c;1-5(2,3)4;;;;;;;/h;(H3,1,2,3,4);5*1H2;;/q+1;;;;;;;;-1. The van der Waals surface area contributed by atoms with E-state index in [0.29, 0.717) is 0 Å². The van der Waals surface area contributed by atoms with Crippen LogP contribution in [0.4, 0.5) is 0 Å². The van der Waals surface area contributed by atoms with Gasteiger partial charge in [-0.25, -0.2) is 4.57 Å². The van der Waals surface area contributed by atoms with E-state index in [1.165, 1.54) is 0 Å². The van der Waals surface area contributed by atoms with Gasteiger partial charge in [-0.2, -0.15) is 0 Å². The Bertz CT molecular complexity index is 65.8. The van der Waals surface area contributed by atoms with Gasteiger partial charge in [0.05, 0.1) is 0 Å². The van der Waals surface area contributed by atoms with E-state index in [1.54, 1.807) is 0 Å². The summed E-state index contributed by atoms with van der Waals surface area (Å²) in [6.45, 7) is 0. The SMILES string of the molecule is O.O.O.O.O.O=P(O)(O)O.[H-].[Na+].[Zr]. The summed E-state index contributed by atoms with van der Waals surface area (Å²) < 4.78 is 8.88. The Kier molecular flexibility index (Phi) is 164. The van der Waals surface area contributed by atoms with Crippen LogP contribution in [0, 0.1) is 0 Å². The predicted molar refractivity (Wildman–Crippen MR) is 33.4 cm³/mol. The molecule has 0 aromatic heterocycles. The van der Waals surface area contributed by atoms with Crippen LogP contribution in [-0.4, -0.2) is 42.1 Å². The summed E-state index contributed by atoms with van der Waals surface area (Å²) in [5, 5.41) is 0. The van der Waals surface area contributed by atoms with Gasteiger partial charge in [0.25, 0.3) is 0 Å². The van der Waals surface area contributed by atoms with Crippen molar-refractivity contribution < 1.29 is 104 Å². The van der Waals surface area contributed by atoms with Gasteiger partial charge in [-0.05, 0) is 0 Å². The molecule has 0 fully saturated rings. The fraction of sp³-hybridized carbons (Fsp3) is 0. The molecule has 0 amide bonds. The maximum Gasteiger partial charge on any atom is 1.00 e. The van der Waals surface area contributed by atoms with Crippen LogP contribution in [0.1, 0.15) is 1.43 Å². The number of hydrogen-bond donors (Lipinski definition) is 3. The molecule has 0 spiro atoms. The molecule has 0 heterocycles. The van der Waals surface area contributed by atoms with E-state index in [-0.39, 0.29) is 84.6 Å². The number of rotatable bonds is 0. The van der Waals surface area contributed by atoms with Crippen LogP contribution in [0.15, 0.2) is 0 Å². The molecule has 0 aliphatic heterocycles. The Balaban J connectivity index is -0.00000000286. The van der Waals surface area contributed by atoms with Gasteiger partial charge < -0.3 is 43.5 Å². The van der Waals surface area contributed by atoms with E-state index >= 15 is 0 Å². The largest absolute Gasteiger partial charge is 1.00 e. The number of phosphoric acid groups is 1. The van der Waals surface area contributed by atoms with Gasteiger partial charge in [-0.3, -0.25) is 0 Å². The van der Waals surface area contributed by atoms with Gasteiger partial charge in [0.1, 0.15) is 0 Å². The van der Waals surface area contributed by atoms with Gasteiger partial charge in [0.15, 0.2) is 0 Å². The Morgan fingerprint density at radius 1 is 0.833 bits per heavy atom. The molecule has 0 rings (SSSR count). The van der Waals surface area contributed by atoms with Crippen LogP contribution in [-0.2, 0) is 30.8 Å². The molecule has 0 aliphatic carbocycles. The third-order valence-corrected chi connectivity index (χ3v) is 0. The van der Waals surface area contributed by atoms with Crippen molar-refractivity contribution in [2.75, 3.05) is 0 Å². The van der Waals surface area contributed by atoms with E-state index in [9.17, 15) is 0 Å². The van der Waals surface area contributed by atoms with Crippen LogP contribution in [0.5, 0.6) is 0 Å². The molecule has 12 heteroatoms. The average molecular weight is 303 g/mol. The summed E-state index contributed by atoms with van der Waals surface area (Å²) in [6.07, 6.45) is 0. The molecule has 0 aliphatic rings. The minimum atomic E-state index is -4.64. The van der Waals surface area contributed by atoms with Gasteiger partial charge in [-0.1, -0.05) is 0 Å². The second-order valence-corrected chi connectivity index (χ2v) is 1.54. The summed E-state index contributed by atoms with van der Waals surface area (Å²) in [5.74, 6) is 0.